The van der Waals surface area contributed by atoms with E-state index in [9.17, 15) is 19.5 Å². The highest BCUT2D eigenvalue weighted by Crippen LogP contribution is 2.26. The number of nitrogens with zero attached hydrogens (tertiary/aromatic N) is 3. The SMILES string of the molecule is CN1CC(C(=O)N2Cc3[nH]cnc3CC2C(=O)O)CC1=O. The predicted octanol–water partition coefficient (Wildman–Crippen LogP) is -0.774. The Bertz CT molecular complexity index is 611. The molecule has 2 unspecified atom stereocenters. The zero-order valence-electron chi connectivity index (χ0n) is 11.6. The molecule has 2 aliphatic heterocycles. The van der Waals surface area contributed by atoms with E-state index in [1.165, 1.54) is 16.1 Å². The Balaban J connectivity index is 1.84. The molecule has 1 aromatic heterocycles. The summed E-state index contributed by atoms with van der Waals surface area (Å²) in [4.78, 5) is 45.5. The van der Waals surface area contributed by atoms with Crippen molar-refractivity contribution < 1.29 is 19.5 Å². The van der Waals surface area contributed by atoms with Gasteiger partial charge < -0.3 is 19.9 Å². The van der Waals surface area contributed by atoms with E-state index in [2.05, 4.69) is 9.97 Å². The van der Waals surface area contributed by atoms with E-state index in [0.717, 1.165) is 5.69 Å². The van der Waals surface area contributed by atoms with Crippen molar-refractivity contribution in [3.8, 4) is 0 Å². The first-order valence-corrected chi connectivity index (χ1v) is 6.75. The Hall–Kier alpha value is -2.38. The lowest BCUT2D eigenvalue weighted by atomic mass is 9.99. The zero-order chi connectivity index (χ0) is 15.1. The Morgan fingerprint density at radius 1 is 1.43 bits per heavy atom. The predicted molar refractivity (Wildman–Crippen MR) is 70.0 cm³/mol. The van der Waals surface area contributed by atoms with E-state index >= 15 is 0 Å². The molecule has 21 heavy (non-hydrogen) atoms. The van der Waals surface area contributed by atoms with Crippen molar-refractivity contribution in [3.63, 3.8) is 0 Å². The summed E-state index contributed by atoms with van der Waals surface area (Å²) < 4.78 is 0. The van der Waals surface area contributed by atoms with E-state index in [1.807, 2.05) is 0 Å². The molecule has 3 heterocycles. The number of aliphatic carboxylic acids is 1. The molecule has 1 fully saturated rings. The molecule has 2 N–H and O–H groups in total. The fraction of sp³-hybridized carbons (Fsp3) is 0.538. The topological polar surface area (TPSA) is 107 Å². The van der Waals surface area contributed by atoms with Gasteiger partial charge in [0.05, 0.1) is 30.2 Å². The molecule has 0 aromatic carbocycles. The second-order valence-corrected chi connectivity index (χ2v) is 5.53. The van der Waals surface area contributed by atoms with Gasteiger partial charge in [-0.15, -0.1) is 0 Å². The monoisotopic (exact) mass is 292 g/mol. The molecule has 112 valence electrons. The van der Waals surface area contributed by atoms with Gasteiger partial charge >= 0.3 is 5.97 Å². The molecule has 0 bridgehead atoms. The summed E-state index contributed by atoms with van der Waals surface area (Å²) in [5.41, 5.74) is 1.45. The second kappa shape index (κ2) is 4.87. The van der Waals surface area contributed by atoms with Gasteiger partial charge in [0, 0.05) is 26.4 Å². The normalized spacial score (nSPS) is 25.1. The van der Waals surface area contributed by atoms with Gasteiger partial charge in [0.25, 0.3) is 0 Å². The molecule has 8 heteroatoms. The zero-order valence-corrected chi connectivity index (χ0v) is 11.6. The summed E-state index contributed by atoms with van der Waals surface area (Å²) in [6.07, 6.45) is 1.84. The minimum absolute atomic E-state index is 0.0838. The van der Waals surface area contributed by atoms with E-state index in [1.54, 1.807) is 7.05 Å². The van der Waals surface area contributed by atoms with Crippen LogP contribution >= 0.6 is 0 Å². The van der Waals surface area contributed by atoms with Crippen molar-refractivity contribution in [3.05, 3.63) is 17.7 Å². The van der Waals surface area contributed by atoms with Crippen LogP contribution in [-0.4, -0.2) is 62.3 Å². The minimum Gasteiger partial charge on any atom is -0.480 e. The third-order valence-electron chi connectivity index (χ3n) is 4.16. The lowest BCUT2D eigenvalue weighted by Gasteiger charge is -2.33. The van der Waals surface area contributed by atoms with Gasteiger partial charge in [0.2, 0.25) is 11.8 Å². The first-order chi connectivity index (χ1) is 9.97. The number of rotatable bonds is 2. The Labute approximate surface area is 120 Å². The summed E-state index contributed by atoms with van der Waals surface area (Å²) in [6, 6.07) is -0.922. The number of imidazole rings is 1. The number of amides is 2. The molecule has 2 atom stereocenters. The fourth-order valence-corrected chi connectivity index (χ4v) is 2.95. The van der Waals surface area contributed by atoms with Crippen molar-refractivity contribution in [1.82, 2.24) is 19.8 Å². The van der Waals surface area contributed by atoms with Crippen LogP contribution in [0.2, 0.25) is 0 Å². The Morgan fingerprint density at radius 3 is 2.81 bits per heavy atom. The molecule has 1 saturated heterocycles. The van der Waals surface area contributed by atoms with Gasteiger partial charge in [0.15, 0.2) is 0 Å². The van der Waals surface area contributed by atoms with Gasteiger partial charge in [-0.2, -0.15) is 0 Å². The molecule has 0 saturated carbocycles. The van der Waals surface area contributed by atoms with Crippen LogP contribution in [0, 0.1) is 5.92 Å². The smallest absolute Gasteiger partial charge is 0.326 e. The van der Waals surface area contributed by atoms with Crippen LogP contribution in [0.5, 0.6) is 0 Å². The maximum atomic E-state index is 12.6. The number of carboxylic acids is 1. The van der Waals surface area contributed by atoms with Crippen molar-refractivity contribution in [2.75, 3.05) is 13.6 Å². The highest BCUT2D eigenvalue weighted by molar-refractivity contribution is 5.91. The molecule has 2 amide bonds. The number of hydrogen-bond acceptors (Lipinski definition) is 4. The van der Waals surface area contributed by atoms with Crippen molar-refractivity contribution in [2.24, 2.45) is 5.92 Å². The Morgan fingerprint density at radius 2 is 2.19 bits per heavy atom. The van der Waals surface area contributed by atoms with E-state index in [-0.39, 0.29) is 31.2 Å². The van der Waals surface area contributed by atoms with Crippen molar-refractivity contribution >= 4 is 17.8 Å². The third-order valence-corrected chi connectivity index (χ3v) is 4.16. The van der Waals surface area contributed by atoms with E-state index in [0.29, 0.717) is 12.2 Å². The van der Waals surface area contributed by atoms with E-state index in [4.69, 9.17) is 0 Å². The quantitative estimate of drug-likeness (QED) is 0.744. The van der Waals surface area contributed by atoms with Crippen LogP contribution in [0.25, 0.3) is 0 Å². The molecular weight excluding hydrogens is 276 g/mol. The van der Waals surface area contributed by atoms with Gasteiger partial charge in [-0.05, 0) is 0 Å². The first-order valence-electron chi connectivity index (χ1n) is 6.75. The average Bonchev–Trinajstić information content (AvgIpc) is 3.03. The number of carboxylic acid groups (broad SMARTS) is 1. The summed E-state index contributed by atoms with van der Waals surface area (Å²) in [7, 11) is 1.65. The number of carbonyl (C=O) groups excluding carboxylic acids is 2. The number of H-pyrrole nitrogens is 1. The maximum Gasteiger partial charge on any atom is 0.326 e. The van der Waals surface area contributed by atoms with Gasteiger partial charge in [-0.3, -0.25) is 9.59 Å². The number of hydrogen-bond donors (Lipinski definition) is 2. The second-order valence-electron chi connectivity index (χ2n) is 5.53. The van der Waals surface area contributed by atoms with Crippen LogP contribution in [0.15, 0.2) is 6.33 Å². The van der Waals surface area contributed by atoms with Gasteiger partial charge in [0.1, 0.15) is 6.04 Å². The third kappa shape index (κ3) is 2.26. The number of fused-ring (bicyclic) bond motifs is 1. The molecule has 0 aliphatic carbocycles. The van der Waals surface area contributed by atoms with Crippen LogP contribution in [-0.2, 0) is 27.3 Å². The number of aromatic amines is 1. The fourth-order valence-electron chi connectivity index (χ4n) is 2.95. The summed E-state index contributed by atoms with van der Waals surface area (Å²) in [5.74, 6) is -1.87. The Kier molecular flexibility index (Phi) is 3.15. The largest absolute Gasteiger partial charge is 0.480 e. The number of nitrogens with one attached hydrogen (secondary N) is 1. The summed E-state index contributed by atoms with van der Waals surface area (Å²) in [5, 5.41) is 9.36. The number of carbonyl (C=O) groups is 3. The van der Waals surface area contributed by atoms with Crippen LogP contribution in [0.3, 0.4) is 0 Å². The number of aromatic nitrogens is 2. The summed E-state index contributed by atoms with van der Waals surface area (Å²) >= 11 is 0. The van der Waals surface area contributed by atoms with Crippen LogP contribution < -0.4 is 0 Å². The molecular formula is C13H16N4O4. The summed E-state index contributed by atoms with van der Waals surface area (Å²) in [6.45, 7) is 0.538. The molecule has 3 rings (SSSR count). The van der Waals surface area contributed by atoms with Gasteiger partial charge in [-0.25, -0.2) is 9.78 Å². The standard InChI is InChI=1S/C13H16N4O4/c1-16-4-7(2-11(16)18)12(19)17-5-9-8(14-6-15-9)3-10(17)13(20)21/h6-7,10H,2-5H2,1H3,(H,14,15)(H,20,21). The highest BCUT2D eigenvalue weighted by atomic mass is 16.4. The number of likely N-dealkylation sites (tertiary alicyclic amines) is 1. The van der Waals surface area contributed by atoms with Crippen LogP contribution in [0.1, 0.15) is 17.8 Å². The molecule has 2 aliphatic rings. The minimum atomic E-state index is -1.05. The molecule has 1 aromatic rings. The lowest BCUT2D eigenvalue weighted by Crippen LogP contribution is -2.51. The average molecular weight is 292 g/mol. The molecule has 8 nitrogen and oxygen atoms in total. The van der Waals surface area contributed by atoms with Gasteiger partial charge in [-0.1, -0.05) is 0 Å². The maximum absolute atomic E-state index is 12.6. The van der Waals surface area contributed by atoms with Crippen molar-refractivity contribution in [2.45, 2.75) is 25.4 Å². The molecule has 0 radical (unpaired) electrons. The molecule has 0 spiro atoms. The van der Waals surface area contributed by atoms with E-state index < -0.39 is 17.9 Å². The first kappa shape index (κ1) is 13.6. The lowest BCUT2D eigenvalue weighted by molar-refractivity contribution is -0.153. The van der Waals surface area contributed by atoms with Crippen molar-refractivity contribution in [1.29, 1.82) is 0 Å². The van der Waals surface area contributed by atoms with Crippen LogP contribution in [0.4, 0.5) is 0 Å². The highest BCUT2D eigenvalue weighted by Gasteiger charge is 2.41.